The Hall–Kier alpha value is -3.87. The molecule has 1 aliphatic heterocycles. The zero-order chi connectivity index (χ0) is 22.5. The van der Waals surface area contributed by atoms with E-state index in [-0.39, 0.29) is 17.8 Å². The first-order chi connectivity index (χ1) is 15.5. The highest BCUT2D eigenvalue weighted by Crippen LogP contribution is 2.28. The SMILES string of the molecule is NC(=O)c1cc(-c2cccnc2)ccc1OC1CCN(C(=O)Cc2ccc(O)cc2)CC1. The molecule has 0 spiro atoms. The maximum atomic E-state index is 12.6. The van der Waals surface area contributed by atoms with Crippen LogP contribution in [0.25, 0.3) is 11.1 Å². The number of carbonyl (C=O) groups excluding carboxylic acids is 2. The third kappa shape index (κ3) is 5.06. The maximum Gasteiger partial charge on any atom is 0.252 e. The predicted molar refractivity (Wildman–Crippen MR) is 120 cm³/mol. The van der Waals surface area contributed by atoms with Gasteiger partial charge in [0, 0.05) is 43.9 Å². The zero-order valence-electron chi connectivity index (χ0n) is 17.6. The maximum absolute atomic E-state index is 12.6. The number of nitrogens with zero attached hydrogens (tertiary/aromatic N) is 2. The van der Waals surface area contributed by atoms with Crippen LogP contribution >= 0.6 is 0 Å². The lowest BCUT2D eigenvalue weighted by atomic mass is 10.0. The Morgan fingerprint density at radius 1 is 1.06 bits per heavy atom. The molecular weight excluding hydrogens is 406 g/mol. The number of carbonyl (C=O) groups is 2. The number of aromatic hydroxyl groups is 1. The molecule has 1 saturated heterocycles. The molecule has 1 aromatic heterocycles. The fourth-order valence-corrected chi connectivity index (χ4v) is 3.84. The number of phenolic OH excluding ortho intramolecular Hbond substituents is 1. The number of rotatable bonds is 6. The van der Waals surface area contributed by atoms with Crippen molar-refractivity contribution < 1.29 is 19.4 Å². The Morgan fingerprint density at radius 3 is 2.47 bits per heavy atom. The van der Waals surface area contributed by atoms with Crippen LogP contribution in [0.15, 0.2) is 67.0 Å². The van der Waals surface area contributed by atoms with Crippen molar-refractivity contribution in [1.29, 1.82) is 0 Å². The molecule has 4 rings (SSSR count). The normalized spacial score (nSPS) is 14.2. The number of likely N-dealkylation sites (tertiary alicyclic amines) is 1. The average molecular weight is 431 g/mol. The highest BCUT2D eigenvalue weighted by atomic mass is 16.5. The second-order valence-corrected chi connectivity index (χ2v) is 7.86. The highest BCUT2D eigenvalue weighted by Gasteiger charge is 2.25. The van der Waals surface area contributed by atoms with Crippen molar-refractivity contribution in [2.45, 2.75) is 25.4 Å². The van der Waals surface area contributed by atoms with Crippen LogP contribution < -0.4 is 10.5 Å². The molecule has 0 unspecified atom stereocenters. The van der Waals surface area contributed by atoms with E-state index < -0.39 is 5.91 Å². The summed E-state index contributed by atoms with van der Waals surface area (Å²) >= 11 is 0. The summed E-state index contributed by atoms with van der Waals surface area (Å²) in [6.07, 6.45) is 4.96. The van der Waals surface area contributed by atoms with E-state index in [2.05, 4.69) is 4.98 Å². The first-order valence-corrected chi connectivity index (χ1v) is 10.6. The van der Waals surface area contributed by atoms with Crippen LogP contribution in [0.1, 0.15) is 28.8 Å². The number of hydrogen-bond acceptors (Lipinski definition) is 5. The molecule has 164 valence electrons. The summed E-state index contributed by atoms with van der Waals surface area (Å²) in [5, 5.41) is 9.38. The van der Waals surface area contributed by atoms with Gasteiger partial charge < -0.3 is 20.5 Å². The van der Waals surface area contributed by atoms with Gasteiger partial charge in [0.05, 0.1) is 12.0 Å². The summed E-state index contributed by atoms with van der Waals surface area (Å²) in [5.41, 5.74) is 8.54. The van der Waals surface area contributed by atoms with E-state index in [0.29, 0.717) is 43.7 Å². The van der Waals surface area contributed by atoms with Crippen molar-refractivity contribution in [2.75, 3.05) is 13.1 Å². The van der Waals surface area contributed by atoms with Crippen LogP contribution in [0.3, 0.4) is 0 Å². The molecule has 32 heavy (non-hydrogen) atoms. The fraction of sp³-hybridized carbons (Fsp3) is 0.240. The van der Waals surface area contributed by atoms with E-state index >= 15 is 0 Å². The Balaban J connectivity index is 1.37. The summed E-state index contributed by atoms with van der Waals surface area (Å²) in [7, 11) is 0. The molecule has 0 aliphatic carbocycles. The van der Waals surface area contributed by atoms with Crippen molar-refractivity contribution in [2.24, 2.45) is 5.73 Å². The van der Waals surface area contributed by atoms with Crippen LogP contribution in [-0.2, 0) is 11.2 Å². The van der Waals surface area contributed by atoms with Crippen molar-refractivity contribution in [3.05, 3.63) is 78.1 Å². The van der Waals surface area contributed by atoms with Crippen LogP contribution in [0.4, 0.5) is 0 Å². The smallest absolute Gasteiger partial charge is 0.252 e. The number of amides is 2. The number of benzene rings is 2. The van der Waals surface area contributed by atoms with Gasteiger partial charge in [-0.25, -0.2) is 0 Å². The molecule has 3 N–H and O–H groups in total. The minimum Gasteiger partial charge on any atom is -0.508 e. The monoisotopic (exact) mass is 431 g/mol. The van der Waals surface area contributed by atoms with Gasteiger partial charge in [0.15, 0.2) is 0 Å². The molecule has 0 bridgehead atoms. The molecule has 1 fully saturated rings. The Kier molecular flexibility index (Phi) is 6.35. The molecular formula is C25H25N3O4. The third-order valence-corrected chi connectivity index (χ3v) is 5.62. The van der Waals surface area contributed by atoms with E-state index in [1.165, 1.54) is 0 Å². The minimum atomic E-state index is -0.549. The summed E-state index contributed by atoms with van der Waals surface area (Å²) in [6.45, 7) is 1.17. The first-order valence-electron chi connectivity index (χ1n) is 10.6. The van der Waals surface area contributed by atoms with Crippen molar-refractivity contribution in [1.82, 2.24) is 9.88 Å². The van der Waals surface area contributed by atoms with Gasteiger partial charge in [-0.3, -0.25) is 14.6 Å². The number of aromatic nitrogens is 1. The van der Waals surface area contributed by atoms with Crippen LogP contribution in [0.2, 0.25) is 0 Å². The molecule has 1 aliphatic rings. The van der Waals surface area contributed by atoms with Gasteiger partial charge in [-0.05, 0) is 41.5 Å². The number of piperidine rings is 1. The summed E-state index contributed by atoms with van der Waals surface area (Å²) in [4.78, 5) is 30.6. The molecule has 2 heterocycles. The Morgan fingerprint density at radius 2 is 1.81 bits per heavy atom. The molecule has 2 amide bonds. The van der Waals surface area contributed by atoms with E-state index in [9.17, 15) is 14.7 Å². The molecule has 7 nitrogen and oxygen atoms in total. The number of ether oxygens (including phenoxy) is 1. The van der Waals surface area contributed by atoms with Gasteiger partial charge >= 0.3 is 0 Å². The predicted octanol–water partition coefficient (Wildman–Crippen LogP) is 3.17. The van der Waals surface area contributed by atoms with E-state index in [0.717, 1.165) is 16.7 Å². The molecule has 0 radical (unpaired) electrons. The second kappa shape index (κ2) is 9.51. The molecule has 3 aromatic rings. The van der Waals surface area contributed by atoms with Crippen LogP contribution in [0.5, 0.6) is 11.5 Å². The minimum absolute atomic E-state index is 0.0489. The van der Waals surface area contributed by atoms with Crippen molar-refractivity contribution >= 4 is 11.8 Å². The molecule has 7 heteroatoms. The number of phenols is 1. The zero-order valence-corrected chi connectivity index (χ0v) is 17.6. The molecule has 0 atom stereocenters. The van der Waals surface area contributed by atoms with Gasteiger partial charge in [-0.2, -0.15) is 0 Å². The summed E-state index contributed by atoms with van der Waals surface area (Å²) in [5.74, 6) is 0.141. The van der Waals surface area contributed by atoms with Crippen LogP contribution in [-0.4, -0.2) is 46.0 Å². The highest BCUT2D eigenvalue weighted by molar-refractivity contribution is 5.97. The third-order valence-electron chi connectivity index (χ3n) is 5.62. The summed E-state index contributed by atoms with van der Waals surface area (Å²) < 4.78 is 6.12. The second-order valence-electron chi connectivity index (χ2n) is 7.86. The van der Waals surface area contributed by atoms with Gasteiger partial charge in [0.1, 0.15) is 17.6 Å². The molecule has 2 aromatic carbocycles. The number of hydrogen-bond donors (Lipinski definition) is 2. The van der Waals surface area contributed by atoms with E-state index in [1.807, 2.05) is 23.1 Å². The largest absolute Gasteiger partial charge is 0.508 e. The van der Waals surface area contributed by atoms with Gasteiger partial charge in [0.25, 0.3) is 5.91 Å². The molecule has 0 saturated carbocycles. The lowest BCUT2D eigenvalue weighted by molar-refractivity contribution is -0.132. The first kappa shape index (κ1) is 21.4. The quantitative estimate of drug-likeness (QED) is 0.624. The van der Waals surface area contributed by atoms with E-state index in [1.54, 1.807) is 48.8 Å². The fourth-order valence-electron chi connectivity index (χ4n) is 3.84. The number of primary amides is 1. The van der Waals surface area contributed by atoms with Gasteiger partial charge in [-0.1, -0.05) is 24.3 Å². The lowest BCUT2D eigenvalue weighted by Crippen LogP contribution is -2.42. The number of pyridine rings is 1. The van der Waals surface area contributed by atoms with Gasteiger partial charge in [0.2, 0.25) is 5.91 Å². The average Bonchev–Trinajstić information content (AvgIpc) is 2.81. The number of nitrogens with two attached hydrogens (primary N) is 1. The summed E-state index contributed by atoms with van der Waals surface area (Å²) in [6, 6.07) is 15.8. The topological polar surface area (TPSA) is 106 Å². The lowest BCUT2D eigenvalue weighted by Gasteiger charge is -2.32. The van der Waals surface area contributed by atoms with E-state index in [4.69, 9.17) is 10.5 Å². The Labute approximate surface area is 186 Å². The standard InChI is InChI=1S/C25H25N3O4/c26-25(31)22-15-18(19-2-1-11-27-16-19)5-8-23(22)32-21-9-12-28(13-10-21)24(30)14-17-3-6-20(29)7-4-17/h1-8,11,15-16,21,29H,9-10,12-14H2,(H2,26,31). The van der Waals surface area contributed by atoms with Crippen molar-refractivity contribution in [3.63, 3.8) is 0 Å². The Bertz CT molecular complexity index is 1090. The van der Waals surface area contributed by atoms with Gasteiger partial charge in [-0.15, -0.1) is 0 Å². The van der Waals surface area contributed by atoms with Crippen LogP contribution in [0, 0.1) is 0 Å². The van der Waals surface area contributed by atoms with Crippen molar-refractivity contribution in [3.8, 4) is 22.6 Å².